The quantitative estimate of drug-likeness (QED) is 0.734. The Morgan fingerprint density at radius 1 is 1.61 bits per heavy atom. The summed E-state index contributed by atoms with van der Waals surface area (Å²) < 4.78 is 0. The average Bonchev–Trinajstić information content (AvgIpc) is 2.84. The minimum absolute atomic E-state index is 0.0537. The van der Waals surface area contributed by atoms with Gasteiger partial charge in [0.05, 0.1) is 16.5 Å². The number of aliphatic hydroxyl groups is 2. The van der Waals surface area contributed by atoms with E-state index < -0.39 is 6.10 Å². The van der Waals surface area contributed by atoms with Crippen LogP contribution in [0.5, 0.6) is 0 Å². The van der Waals surface area contributed by atoms with Crippen LogP contribution in [0.15, 0.2) is 11.4 Å². The van der Waals surface area contributed by atoms with Crippen LogP contribution >= 0.6 is 11.3 Å². The molecule has 0 aromatic carbocycles. The summed E-state index contributed by atoms with van der Waals surface area (Å²) in [7, 11) is 0. The van der Waals surface area contributed by atoms with Crippen LogP contribution < -0.4 is 0 Å². The van der Waals surface area contributed by atoms with Gasteiger partial charge in [0.2, 0.25) is 0 Å². The fourth-order valence-corrected chi connectivity index (χ4v) is 2.71. The van der Waals surface area contributed by atoms with Crippen LogP contribution in [0.2, 0.25) is 0 Å². The molecule has 0 aliphatic carbocycles. The SMILES string of the molecule is O=C(c1csc(C#CCO)c1)N1CCCC(O)C1. The second kappa shape index (κ2) is 6.01. The monoisotopic (exact) mass is 265 g/mol. The number of likely N-dealkylation sites (tertiary alicyclic amines) is 1. The molecule has 2 rings (SSSR count). The number of carbonyl (C=O) groups is 1. The highest BCUT2D eigenvalue weighted by Gasteiger charge is 2.23. The van der Waals surface area contributed by atoms with Gasteiger partial charge in [0, 0.05) is 18.5 Å². The van der Waals surface area contributed by atoms with Gasteiger partial charge in [0.15, 0.2) is 0 Å². The Morgan fingerprint density at radius 2 is 2.44 bits per heavy atom. The number of rotatable bonds is 1. The molecule has 1 saturated heterocycles. The van der Waals surface area contributed by atoms with E-state index in [9.17, 15) is 9.90 Å². The maximum atomic E-state index is 12.2. The third-order valence-corrected chi connectivity index (χ3v) is 3.67. The molecule has 1 atom stereocenters. The van der Waals surface area contributed by atoms with Crippen molar-refractivity contribution in [3.63, 3.8) is 0 Å². The summed E-state index contributed by atoms with van der Waals surface area (Å²) in [5.74, 6) is 5.28. The van der Waals surface area contributed by atoms with E-state index in [4.69, 9.17) is 5.11 Å². The summed E-state index contributed by atoms with van der Waals surface area (Å²) in [6.07, 6.45) is 1.20. The minimum Gasteiger partial charge on any atom is -0.391 e. The van der Waals surface area contributed by atoms with Gasteiger partial charge in [0.25, 0.3) is 5.91 Å². The summed E-state index contributed by atoms with van der Waals surface area (Å²) in [6, 6.07) is 1.73. The molecular weight excluding hydrogens is 250 g/mol. The fraction of sp³-hybridized carbons (Fsp3) is 0.462. The predicted octanol–water partition coefficient (Wildman–Crippen LogP) is 0.689. The molecular formula is C13H15NO3S. The van der Waals surface area contributed by atoms with Crippen molar-refractivity contribution in [3.8, 4) is 11.8 Å². The van der Waals surface area contributed by atoms with E-state index in [1.807, 2.05) is 0 Å². The Kier molecular flexibility index (Phi) is 4.37. The van der Waals surface area contributed by atoms with Crippen LogP contribution in [-0.2, 0) is 0 Å². The molecule has 1 aliphatic heterocycles. The van der Waals surface area contributed by atoms with Crippen LogP contribution in [0.25, 0.3) is 0 Å². The summed E-state index contributed by atoms with van der Waals surface area (Å²) >= 11 is 1.39. The van der Waals surface area contributed by atoms with E-state index in [-0.39, 0.29) is 12.5 Å². The van der Waals surface area contributed by atoms with Gasteiger partial charge in [-0.25, -0.2) is 0 Å². The van der Waals surface area contributed by atoms with Crippen molar-refractivity contribution in [2.45, 2.75) is 18.9 Å². The third kappa shape index (κ3) is 3.10. The highest BCUT2D eigenvalue weighted by atomic mass is 32.1. The van der Waals surface area contributed by atoms with Gasteiger partial charge in [-0.05, 0) is 18.9 Å². The van der Waals surface area contributed by atoms with Crippen molar-refractivity contribution < 1.29 is 15.0 Å². The van der Waals surface area contributed by atoms with Crippen molar-refractivity contribution in [2.75, 3.05) is 19.7 Å². The second-order valence-corrected chi connectivity index (χ2v) is 5.12. The lowest BCUT2D eigenvalue weighted by Crippen LogP contribution is -2.42. The van der Waals surface area contributed by atoms with Gasteiger partial charge in [0.1, 0.15) is 6.61 Å². The van der Waals surface area contributed by atoms with Gasteiger partial charge in [-0.15, -0.1) is 11.3 Å². The number of hydrogen-bond acceptors (Lipinski definition) is 4. The minimum atomic E-state index is -0.407. The molecule has 0 radical (unpaired) electrons. The number of amides is 1. The van der Waals surface area contributed by atoms with Crippen LogP contribution in [0.4, 0.5) is 0 Å². The van der Waals surface area contributed by atoms with Gasteiger partial charge >= 0.3 is 0 Å². The molecule has 0 bridgehead atoms. The Morgan fingerprint density at radius 3 is 3.17 bits per heavy atom. The first-order valence-corrected chi connectivity index (χ1v) is 6.74. The van der Waals surface area contributed by atoms with Crippen LogP contribution in [0.1, 0.15) is 28.1 Å². The van der Waals surface area contributed by atoms with Gasteiger partial charge < -0.3 is 15.1 Å². The average molecular weight is 265 g/mol. The van der Waals surface area contributed by atoms with E-state index >= 15 is 0 Å². The van der Waals surface area contributed by atoms with Crippen molar-refractivity contribution >= 4 is 17.2 Å². The molecule has 2 N–H and O–H groups in total. The normalized spacial score (nSPS) is 19.2. The number of nitrogens with zero attached hydrogens (tertiary/aromatic N) is 1. The molecule has 1 aromatic heterocycles. The van der Waals surface area contributed by atoms with Crippen molar-refractivity contribution in [3.05, 3.63) is 21.9 Å². The summed E-state index contributed by atoms with van der Waals surface area (Å²) in [6.45, 7) is 0.926. The number of thiophene rings is 1. The zero-order chi connectivity index (χ0) is 13.0. The maximum Gasteiger partial charge on any atom is 0.254 e. The number of hydrogen-bond donors (Lipinski definition) is 2. The Balaban J connectivity index is 2.06. The molecule has 1 amide bonds. The predicted molar refractivity (Wildman–Crippen MR) is 69.4 cm³/mol. The van der Waals surface area contributed by atoms with E-state index in [0.717, 1.165) is 17.7 Å². The van der Waals surface area contributed by atoms with Crippen LogP contribution in [0.3, 0.4) is 0 Å². The fourth-order valence-electron chi connectivity index (χ4n) is 1.96. The van der Waals surface area contributed by atoms with E-state index in [1.54, 1.807) is 16.3 Å². The molecule has 96 valence electrons. The van der Waals surface area contributed by atoms with E-state index in [0.29, 0.717) is 18.7 Å². The number of aliphatic hydroxyl groups excluding tert-OH is 2. The molecule has 0 saturated carbocycles. The number of β-amino-alcohol motifs (C(OH)–C–C–N with tert-alkyl or cyclic N) is 1. The maximum absolute atomic E-state index is 12.2. The van der Waals surface area contributed by atoms with Crippen molar-refractivity contribution in [1.82, 2.24) is 4.90 Å². The topological polar surface area (TPSA) is 60.8 Å². The Bertz CT molecular complexity index is 486. The molecule has 1 aliphatic rings. The largest absolute Gasteiger partial charge is 0.391 e. The lowest BCUT2D eigenvalue weighted by Gasteiger charge is -2.29. The van der Waals surface area contributed by atoms with E-state index in [2.05, 4.69) is 11.8 Å². The third-order valence-electron chi connectivity index (χ3n) is 2.82. The molecule has 18 heavy (non-hydrogen) atoms. The zero-order valence-corrected chi connectivity index (χ0v) is 10.7. The Hall–Kier alpha value is -1.35. The smallest absolute Gasteiger partial charge is 0.254 e. The molecule has 5 heteroatoms. The molecule has 4 nitrogen and oxygen atoms in total. The zero-order valence-electron chi connectivity index (χ0n) is 9.93. The van der Waals surface area contributed by atoms with Gasteiger partial charge in [-0.2, -0.15) is 0 Å². The summed E-state index contributed by atoms with van der Waals surface area (Å²) in [4.78, 5) is 14.6. The van der Waals surface area contributed by atoms with E-state index in [1.165, 1.54) is 11.3 Å². The first kappa shape index (κ1) is 13.1. The standard InChI is InChI=1S/C13H15NO3S/c15-6-2-4-12-7-10(9-18-12)13(17)14-5-1-3-11(16)8-14/h7,9,11,15-16H,1,3,5-6,8H2. The summed E-state index contributed by atoms with van der Waals surface area (Å²) in [5.41, 5.74) is 0.608. The highest BCUT2D eigenvalue weighted by Crippen LogP contribution is 2.18. The van der Waals surface area contributed by atoms with Crippen molar-refractivity contribution in [1.29, 1.82) is 0 Å². The number of piperidine rings is 1. The first-order chi connectivity index (χ1) is 8.70. The second-order valence-electron chi connectivity index (χ2n) is 4.21. The van der Waals surface area contributed by atoms with Crippen LogP contribution in [-0.4, -0.2) is 46.8 Å². The summed E-state index contributed by atoms with van der Waals surface area (Å²) in [5, 5.41) is 19.9. The van der Waals surface area contributed by atoms with Crippen LogP contribution in [0, 0.1) is 11.8 Å². The van der Waals surface area contributed by atoms with Gasteiger partial charge in [-0.1, -0.05) is 11.8 Å². The molecule has 2 heterocycles. The molecule has 1 unspecified atom stereocenters. The first-order valence-electron chi connectivity index (χ1n) is 5.86. The molecule has 0 spiro atoms. The molecule has 1 fully saturated rings. The highest BCUT2D eigenvalue weighted by molar-refractivity contribution is 7.10. The Labute approximate surface area is 110 Å². The molecule has 1 aromatic rings. The van der Waals surface area contributed by atoms with Crippen molar-refractivity contribution in [2.24, 2.45) is 0 Å². The lowest BCUT2D eigenvalue weighted by atomic mass is 10.1. The number of carbonyl (C=O) groups excluding carboxylic acids is 1. The van der Waals surface area contributed by atoms with Gasteiger partial charge in [-0.3, -0.25) is 4.79 Å². The lowest BCUT2D eigenvalue weighted by molar-refractivity contribution is 0.0474.